The number of hydrogen-bond donors (Lipinski definition) is 1. The third-order valence-corrected chi connectivity index (χ3v) is 6.37. The Kier molecular flexibility index (Phi) is 6.12. The summed E-state index contributed by atoms with van der Waals surface area (Å²) >= 11 is 0. The molecule has 9 nitrogen and oxygen atoms in total. The topological polar surface area (TPSA) is 105 Å². The van der Waals surface area contributed by atoms with Crippen LogP contribution in [-0.4, -0.2) is 53.5 Å². The van der Waals surface area contributed by atoms with Gasteiger partial charge in [0, 0.05) is 24.1 Å². The Labute approximate surface area is 214 Å². The molecule has 1 N–H and O–H groups in total. The molecule has 9 heteroatoms. The van der Waals surface area contributed by atoms with Gasteiger partial charge in [0.15, 0.2) is 5.75 Å². The molecule has 1 unspecified atom stereocenters. The van der Waals surface area contributed by atoms with Gasteiger partial charge in [-0.15, -0.1) is 0 Å². The standard InChI is InChI=1S/C28H27N3O6/c1-28(2,3)37-27(35)30-14-15-36-24-18(7-5-9-21(24)30)11-10-17-6-4-8-19-20(17)16-31(26(19)34)22-12-13-23(32)29-25(22)33/h4-9,22H,12-16H2,1-3H3,(H,29,32,33). The van der Waals surface area contributed by atoms with E-state index in [9.17, 15) is 19.2 Å². The highest BCUT2D eigenvalue weighted by atomic mass is 16.6. The van der Waals surface area contributed by atoms with Gasteiger partial charge in [-0.05, 0) is 57.0 Å². The molecular formula is C28H27N3O6. The quantitative estimate of drug-likeness (QED) is 0.476. The number of hydrogen-bond acceptors (Lipinski definition) is 6. The molecule has 190 valence electrons. The summed E-state index contributed by atoms with van der Waals surface area (Å²) < 4.78 is 11.4. The first-order valence-corrected chi connectivity index (χ1v) is 12.2. The molecule has 2 aromatic carbocycles. The van der Waals surface area contributed by atoms with Crippen LogP contribution in [0.2, 0.25) is 0 Å². The van der Waals surface area contributed by atoms with Gasteiger partial charge in [0.05, 0.1) is 17.8 Å². The van der Waals surface area contributed by atoms with Crippen LogP contribution in [0.5, 0.6) is 5.75 Å². The molecule has 0 spiro atoms. The number of carbonyl (C=O) groups is 4. The lowest BCUT2D eigenvalue weighted by molar-refractivity contribution is -0.136. The first kappa shape index (κ1) is 24.4. The Morgan fingerprint density at radius 2 is 1.81 bits per heavy atom. The van der Waals surface area contributed by atoms with Crippen molar-refractivity contribution in [2.75, 3.05) is 18.1 Å². The second-order valence-electron chi connectivity index (χ2n) is 10.1. The van der Waals surface area contributed by atoms with Gasteiger partial charge in [0.1, 0.15) is 18.2 Å². The van der Waals surface area contributed by atoms with Gasteiger partial charge in [0.25, 0.3) is 5.91 Å². The van der Waals surface area contributed by atoms with Crippen LogP contribution in [0.25, 0.3) is 0 Å². The van der Waals surface area contributed by atoms with Crippen LogP contribution in [0.15, 0.2) is 36.4 Å². The van der Waals surface area contributed by atoms with Crippen molar-refractivity contribution >= 4 is 29.5 Å². The number of imide groups is 1. The molecule has 37 heavy (non-hydrogen) atoms. The van der Waals surface area contributed by atoms with Crippen molar-refractivity contribution < 1.29 is 28.7 Å². The van der Waals surface area contributed by atoms with Crippen molar-refractivity contribution in [1.82, 2.24) is 10.2 Å². The highest BCUT2D eigenvalue weighted by Crippen LogP contribution is 2.36. The zero-order valence-corrected chi connectivity index (χ0v) is 20.9. The number of carbonyl (C=O) groups excluding carboxylic acids is 4. The van der Waals surface area contributed by atoms with E-state index in [-0.39, 0.29) is 24.8 Å². The number of fused-ring (bicyclic) bond motifs is 2. The predicted octanol–water partition coefficient (Wildman–Crippen LogP) is 2.98. The van der Waals surface area contributed by atoms with Crippen LogP contribution in [0, 0.1) is 11.8 Å². The number of nitrogens with one attached hydrogen (secondary N) is 1. The molecule has 0 saturated carbocycles. The third kappa shape index (κ3) is 4.75. The van der Waals surface area contributed by atoms with Gasteiger partial charge >= 0.3 is 6.09 Å². The van der Waals surface area contributed by atoms with E-state index < -0.39 is 23.6 Å². The number of para-hydroxylation sites is 1. The summed E-state index contributed by atoms with van der Waals surface area (Å²) in [6.07, 6.45) is 0.0467. The maximum Gasteiger partial charge on any atom is 0.415 e. The summed E-state index contributed by atoms with van der Waals surface area (Å²) in [5.41, 5.74) is 2.47. The zero-order chi connectivity index (χ0) is 26.3. The van der Waals surface area contributed by atoms with Gasteiger partial charge in [-0.1, -0.05) is 24.0 Å². The van der Waals surface area contributed by atoms with E-state index in [1.807, 2.05) is 32.9 Å². The highest BCUT2D eigenvalue weighted by molar-refractivity contribution is 6.05. The Hall–Kier alpha value is -4.32. The van der Waals surface area contributed by atoms with Crippen molar-refractivity contribution in [2.24, 2.45) is 0 Å². The van der Waals surface area contributed by atoms with E-state index >= 15 is 0 Å². The minimum absolute atomic E-state index is 0.197. The lowest BCUT2D eigenvalue weighted by Gasteiger charge is -2.32. The number of rotatable bonds is 1. The molecule has 3 aliphatic rings. The number of ether oxygens (including phenoxy) is 2. The summed E-state index contributed by atoms with van der Waals surface area (Å²) in [5.74, 6) is 5.78. The van der Waals surface area contributed by atoms with Gasteiger partial charge in [0.2, 0.25) is 11.8 Å². The molecule has 0 bridgehead atoms. The molecule has 5 rings (SSSR count). The number of benzene rings is 2. The third-order valence-electron chi connectivity index (χ3n) is 6.37. The van der Waals surface area contributed by atoms with E-state index in [1.165, 1.54) is 4.90 Å². The second-order valence-corrected chi connectivity index (χ2v) is 10.1. The molecule has 0 radical (unpaired) electrons. The number of amides is 4. The van der Waals surface area contributed by atoms with Gasteiger partial charge < -0.3 is 14.4 Å². The maximum atomic E-state index is 13.1. The molecule has 0 aromatic heterocycles. The maximum absolute atomic E-state index is 13.1. The van der Waals surface area contributed by atoms with Crippen LogP contribution in [0.3, 0.4) is 0 Å². The molecule has 2 aromatic rings. The van der Waals surface area contributed by atoms with Crippen LogP contribution in [-0.2, 0) is 20.9 Å². The summed E-state index contributed by atoms with van der Waals surface area (Å²) in [6.45, 7) is 6.36. The minimum Gasteiger partial charge on any atom is -0.488 e. The predicted molar refractivity (Wildman–Crippen MR) is 134 cm³/mol. The van der Waals surface area contributed by atoms with Crippen molar-refractivity contribution in [3.05, 3.63) is 58.7 Å². The average Bonchev–Trinajstić information content (AvgIpc) is 3.18. The summed E-state index contributed by atoms with van der Waals surface area (Å²) in [6, 6.07) is 10.0. The SMILES string of the molecule is CC(C)(C)OC(=O)N1CCOc2c(C#Cc3cccc4c3CN(C3CCC(=O)NC3=O)C4=O)cccc21. The van der Waals surface area contributed by atoms with E-state index in [4.69, 9.17) is 9.47 Å². The molecule has 4 amide bonds. The van der Waals surface area contributed by atoms with Gasteiger partial charge in [-0.3, -0.25) is 24.6 Å². The Bertz CT molecular complexity index is 1380. The molecule has 1 fully saturated rings. The Balaban J connectivity index is 1.43. The summed E-state index contributed by atoms with van der Waals surface area (Å²) in [7, 11) is 0. The molecule has 1 saturated heterocycles. The zero-order valence-electron chi connectivity index (χ0n) is 20.9. The fourth-order valence-corrected chi connectivity index (χ4v) is 4.69. The van der Waals surface area contributed by atoms with E-state index in [0.29, 0.717) is 47.7 Å². The van der Waals surface area contributed by atoms with E-state index in [0.717, 1.165) is 5.56 Å². The Morgan fingerprint density at radius 1 is 1.08 bits per heavy atom. The molecular weight excluding hydrogens is 474 g/mol. The monoisotopic (exact) mass is 501 g/mol. The second kappa shape index (κ2) is 9.28. The molecule has 3 aliphatic heterocycles. The van der Waals surface area contributed by atoms with Crippen LogP contribution in [0.1, 0.15) is 60.7 Å². The van der Waals surface area contributed by atoms with E-state index in [1.54, 1.807) is 29.2 Å². The summed E-state index contributed by atoms with van der Waals surface area (Å²) in [4.78, 5) is 52.8. The van der Waals surface area contributed by atoms with Crippen molar-refractivity contribution in [3.63, 3.8) is 0 Å². The number of piperidine rings is 1. The average molecular weight is 502 g/mol. The lowest BCUT2D eigenvalue weighted by Crippen LogP contribution is -2.52. The van der Waals surface area contributed by atoms with E-state index in [2.05, 4.69) is 17.2 Å². The minimum atomic E-state index is -0.688. The molecule has 0 aliphatic carbocycles. The first-order valence-electron chi connectivity index (χ1n) is 12.2. The van der Waals surface area contributed by atoms with Gasteiger partial charge in [-0.2, -0.15) is 0 Å². The largest absolute Gasteiger partial charge is 0.488 e. The normalized spacial score (nSPS) is 18.8. The fraction of sp³-hybridized carbons (Fsp3) is 0.357. The van der Waals surface area contributed by atoms with Crippen molar-refractivity contribution in [1.29, 1.82) is 0 Å². The van der Waals surface area contributed by atoms with Crippen molar-refractivity contribution in [2.45, 2.75) is 51.8 Å². The lowest BCUT2D eigenvalue weighted by atomic mass is 10.0. The molecule has 1 atom stereocenters. The van der Waals surface area contributed by atoms with Crippen molar-refractivity contribution in [3.8, 4) is 17.6 Å². The first-order chi connectivity index (χ1) is 17.6. The van der Waals surface area contributed by atoms with Crippen LogP contribution in [0.4, 0.5) is 10.5 Å². The highest BCUT2D eigenvalue weighted by Gasteiger charge is 2.39. The number of anilines is 1. The smallest absolute Gasteiger partial charge is 0.415 e. The Morgan fingerprint density at radius 3 is 2.57 bits per heavy atom. The van der Waals surface area contributed by atoms with Crippen LogP contribution >= 0.6 is 0 Å². The van der Waals surface area contributed by atoms with Crippen LogP contribution < -0.4 is 15.0 Å². The fourth-order valence-electron chi connectivity index (χ4n) is 4.69. The number of nitrogens with zero attached hydrogens (tertiary/aromatic N) is 2. The molecule has 3 heterocycles. The summed E-state index contributed by atoms with van der Waals surface area (Å²) in [5, 5.41) is 2.32. The van der Waals surface area contributed by atoms with Gasteiger partial charge in [-0.25, -0.2) is 4.79 Å².